The summed E-state index contributed by atoms with van der Waals surface area (Å²) in [6.07, 6.45) is -3.02. The summed E-state index contributed by atoms with van der Waals surface area (Å²) in [5.41, 5.74) is -0.715. The number of alkyl halides is 3. The zero-order valence-corrected chi connectivity index (χ0v) is 21.3. The molecule has 1 N–H and O–H groups in total. The summed E-state index contributed by atoms with van der Waals surface area (Å²) in [5.74, 6) is -1.54. The SMILES string of the molecule is [2H]C([2H])(C)C([2H])([2H])n1cc(Cc2ncc(-c3ccc(CC(=O)Nc4cc(C5(C(F)(F)F)CC5)on4)c(F)c3)cn2)c(OC)n1. The van der Waals surface area contributed by atoms with Crippen LogP contribution in [0.4, 0.5) is 23.4 Å². The summed E-state index contributed by atoms with van der Waals surface area (Å²) in [5, 5.41) is 9.85. The molecule has 0 atom stereocenters. The highest BCUT2D eigenvalue weighted by Crippen LogP contribution is 2.59. The molecular formula is C27H26F4N6O3. The third kappa shape index (κ3) is 5.54. The van der Waals surface area contributed by atoms with E-state index in [9.17, 15) is 22.4 Å². The Balaban J connectivity index is 1.23. The van der Waals surface area contributed by atoms with Gasteiger partial charge in [-0.1, -0.05) is 24.2 Å². The third-order valence-corrected chi connectivity index (χ3v) is 6.50. The van der Waals surface area contributed by atoms with Gasteiger partial charge in [-0.25, -0.2) is 14.4 Å². The molecule has 13 heteroatoms. The average molecular weight is 563 g/mol. The van der Waals surface area contributed by atoms with Gasteiger partial charge in [-0.3, -0.25) is 9.48 Å². The topological polar surface area (TPSA) is 108 Å². The normalized spacial score (nSPS) is 16.4. The zero-order chi connectivity index (χ0) is 32.1. The summed E-state index contributed by atoms with van der Waals surface area (Å²) >= 11 is 0. The highest BCUT2D eigenvalue weighted by Gasteiger charge is 2.66. The van der Waals surface area contributed by atoms with Crippen LogP contribution in [0.15, 0.2) is 47.4 Å². The van der Waals surface area contributed by atoms with Gasteiger partial charge in [-0.05, 0) is 36.4 Å². The number of aryl methyl sites for hydroxylation is 1. The lowest BCUT2D eigenvalue weighted by Crippen LogP contribution is -2.28. The van der Waals surface area contributed by atoms with Gasteiger partial charge in [-0.15, -0.1) is 5.10 Å². The minimum atomic E-state index is -4.49. The van der Waals surface area contributed by atoms with E-state index in [4.69, 9.17) is 14.7 Å². The first-order valence-electron chi connectivity index (χ1n) is 14.1. The molecule has 0 aliphatic heterocycles. The molecule has 4 aromatic rings. The number of carbonyl (C=O) groups is 1. The summed E-state index contributed by atoms with van der Waals surface area (Å²) in [4.78, 5) is 21.0. The lowest BCUT2D eigenvalue weighted by Gasteiger charge is -2.14. The number of nitrogens with zero attached hydrogens (tertiary/aromatic N) is 5. The van der Waals surface area contributed by atoms with E-state index in [1.54, 1.807) is 6.07 Å². The van der Waals surface area contributed by atoms with Gasteiger partial charge in [0.15, 0.2) is 11.6 Å². The molecule has 1 aliphatic carbocycles. The molecule has 3 heterocycles. The van der Waals surface area contributed by atoms with Crippen LogP contribution >= 0.6 is 0 Å². The Bertz CT molecular complexity index is 1680. The highest BCUT2D eigenvalue weighted by molar-refractivity contribution is 5.91. The van der Waals surface area contributed by atoms with Crippen molar-refractivity contribution >= 4 is 11.7 Å². The quantitative estimate of drug-likeness (QED) is 0.263. The predicted molar refractivity (Wildman–Crippen MR) is 135 cm³/mol. The molecule has 3 aromatic heterocycles. The van der Waals surface area contributed by atoms with E-state index in [1.165, 1.54) is 37.8 Å². The van der Waals surface area contributed by atoms with E-state index in [2.05, 4.69) is 25.5 Å². The van der Waals surface area contributed by atoms with Crippen LogP contribution in [0.1, 0.15) is 54.3 Å². The number of methoxy groups -OCH3 is 1. The number of carbonyl (C=O) groups excluding carboxylic acids is 1. The molecule has 9 nitrogen and oxygen atoms in total. The van der Waals surface area contributed by atoms with Crippen molar-refractivity contribution in [3.8, 4) is 17.0 Å². The number of amides is 1. The minimum absolute atomic E-state index is 0.0434. The lowest BCUT2D eigenvalue weighted by molar-refractivity contribution is -0.165. The van der Waals surface area contributed by atoms with Crippen LogP contribution in [0.2, 0.25) is 0 Å². The Hall–Kier alpha value is -4.29. The smallest absolute Gasteiger partial charge is 0.401 e. The number of aromatic nitrogens is 5. The molecule has 0 bridgehead atoms. The second-order valence-corrected chi connectivity index (χ2v) is 9.22. The molecule has 1 saturated carbocycles. The molecule has 5 rings (SSSR count). The Morgan fingerprint density at radius 2 is 1.95 bits per heavy atom. The van der Waals surface area contributed by atoms with E-state index in [1.807, 2.05) is 0 Å². The maximum Gasteiger partial charge on any atom is 0.401 e. The maximum absolute atomic E-state index is 14.9. The standard InChI is InChI=1S/C27H26F4N6O3/c1-3-8-37-15-18(25(35-37)39-2)10-22-32-13-19(14-33-22)16-4-5-17(20(28)9-16)11-24(38)34-23-12-21(40-36-23)26(6-7-26)27(29,30)31/h4-5,9,12-15H,3,6-8,10-11H2,1-2H3,(H,34,36,38)/i3D2,8D2. The number of benzene rings is 1. The van der Waals surface area contributed by atoms with Crippen LogP contribution in [-0.4, -0.2) is 44.1 Å². The summed E-state index contributed by atoms with van der Waals surface area (Å²) in [7, 11) is 1.35. The van der Waals surface area contributed by atoms with Crippen LogP contribution in [0.5, 0.6) is 5.88 Å². The van der Waals surface area contributed by atoms with Gasteiger partial charge < -0.3 is 14.6 Å². The van der Waals surface area contributed by atoms with Gasteiger partial charge in [0.05, 0.1) is 16.3 Å². The molecule has 0 unspecified atom stereocenters. The van der Waals surface area contributed by atoms with Crippen LogP contribution in [0.3, 0.4) is 0 Å². The first-order valence-corrected chi connectivity index (χ1v) is 12.1. The maximum atomic E-state index is 14.9. The highest BCUT2D eigenvalue weighted by atomic mass is 19.4. The number of halogens is 4. The van der Waals surface area contributed by atoms with Crippen molar-refractivity contribution in [2.45, 2.75) is 57.1 Å². The molecule has 1 fully saturated rings. The van der Waals surface area contributed by atoms with Crippen molar-refractivity contribution in [3.05, 3.63) is 71.4 Å². The summed E-state index contributed by atoms with van der Waals surface area (Å²) in [6.45, 7) is -1.34. The molecule has 0 spiro atoms. The molecule has 1 aromatic carbocycles. The van der Waals surface area contributed by atoms with E-state index in [0.717, 1.165) is 17.7 Å². The second-order valence-electron chi connectivity index (χ2n) is 9.22. The van der Waals surface area contributed by atoms with E-state index in [-0.39, 0.29) is 42.3 Å². The predicted octanol–water partition coefficient (Wildman–Crippen LogP) is 5.25. The van der Waals surface area contributed by atoms with Gasteiger partial charge in [0.2, 0.25) is 11.8 Å². The van der Waals surface area contributed by atoms with E-state index < -0.39 is 42.6 Å². The number of rotatable bonds is 10. The first kappa shape index (κ1) is 22.5. The fourth-order valence-electron chi connectivity index (χ4n) is 4.21. The molecule has 0 radical (unpaired) electrons. The summed E-state index contributed by atoms with van der Waals surface area (Å²) in [6, 6.07) is 5.19. The Morgan fingerprint density at radius 3 is 2.58 bits per heavy atom. The van der Waals surface area contributed by atoms with Crippen LogP contribution in [0, 0.1) is 5.82 Å². The summed E-state index contributed by atoms with van der Waals surface area (Å²) < 4.78 is 97.4. The minimum Gasteiger partial charge on any atom is -0.480 e. The van der Waals surface area contributed by atoms with Crippen molar-refractivity contribution in [1.82, 2.24) is 24.9 Å². The number of nitrogens with one attached hydrogen (secondary N) is 1. The Kier molecular flexibility index (Phi) is 6.02. The van der Waals surface area contributed by atoms with Gasteiger partial charge >= 0.3 is 6.18 Å². The lowest BCUT2D eigenvalue weighted by atomic mass is 10.0. The van der Waals surface area contributed by atoms with Crippen molar-refractivity contribution < 1.29 is 37.1 Å². The van der Waals surface area contributed by atoms with Crippen molar-refractivity contribution in [1.29, 1.82) is 0 Å². The number of hydrogen-bond acceptors (Lipinski definition) is 7. The second kappa shape index (κ2) is 10.7. The average Bonchev–Trinajstić information content (AvgIpc) is 3.48. The molecule has 0 saturated heterocycles. The van der Waals surface area contributed by atoms with Crippen molar-refractivity contribution in [2.24, 2.45) is 0 Å². The molecule has 210 valence electrons. The van der Waals surface area contributed by atoms with Gasteiger partial charge in [0, 0.05) is 51.4 Å². The molecule has 1 amide bonds. The first-order chi connectivity index (χ1) is 20.5. The zero-order valence-electron chi connectivity index (χ0n) is 25.3. The third-order valence-electron chi connectivity index (χ3n) is 6.50. The van der Waals surface area contributed by atoms with Crippen LogP contribution < -0.4 is 10.1 Å². The fraction of sp³-hybridized carbons (Fsp3) is 0.370. The molecular weight excluding hydrogens is 532 g/mol. The molecule has 1 aliphatic rings. The van der Waals surface area contributed by atoms with E-state index >= 15 is 0 Å². The molecule has 40 heavy (non-hydrogen) atoms. The fourth-order valence-corrected chi connectivity index (χ4v) is 4.21. The monoisotopic (exact) mass is 562 g/mol. The van der Waals surface area contributed by atoms with Crippen LogP contribution in [0.25, 0.3) is 11.1 Å². The van der Waals surface area contributed by atoms with Crippen molar-refractivity contribution in [2.75, 3.05) is 12.4 Å². The number of anilines is 1. The Morgan fingerprint density at radius 1 is 1.20 bits per heavy atom. The van der Waals surface area contributed by atoms with Crippen molar-refractivity contribution in [3.63, 3.8) is 0 Å². The number of ether oxygens (including phenoxy) is 1. The van der Waals surface area contributed by atoms with Crippen LogP contribution in [-0.2, 0) is 29.5 Å². The van der Waals surface area contributed by atoms with Gasteiger partial charge in [0.1, 0.15) is 17.1 Å². The van der Waals surface area contributed by atoms with Gasteiger partial charge in [-0.2, -0.15) is 13.2 Å². The number of hydrogen-bond donors (Lipinski definition) is 1. The largest absolute Gasteiger partial charge is 0.480 e. The Labute approximate surface area is 232 Å². The van der Waals surface area contributed by atoms with E-state index in [0.29, 0.717) is 22.5 Å². The van der Waals surface area contributed by atoms with Gasteiger partial charge in [0.25, 0.3) is 0 Å².